The molecule has 0 N–H and O–H groups in total. The molecule has 1 rings (SSSR count). The minimum atomic E-state index is 0.490. The summed E-state index contributed by atoms with van der Waals surface area (Å²) in [6.07, 6.45) is 35.6. The third-order valence-electron chi connectivity index (χ3n) is 9.29. The van der Waals surface area contributed by atoms with E-state index in [1.807, 2.05) is 0 Å². The summed E-state index contributed by atoms with van der Waals surface area (Å²) < 4.78 is 0. The van der Waals surface area contributed by atoms with Crippen molar-refractivity contribution in [2.45, 2.75) is 153 Å². The van der Waals surface area contributed by atoms with Gasteiger partial charge >= 0.3 is 0 Å². The van der Waals surface area contributed by atoms with Gasteiger partial charge < -0.3 is 0 Å². The van der Waals surface area contributed by atoms with E-state index in [1.54, 1.807) is 5.57 Å². The summed E-state index contributed by atoms with van der Waals surface area (Å²) in [4.78, 5) is 0. The van der Waals surface area contributed by atoms with Crippen LogP contribution in [0.3, 0.4) is 0 Å². The van der Waals surface area contributed by atoms with Gasteiger partial charge in [0.15, 0.2) is 0 Å². The molecule has 0 aromatic rings. The van der Waals surface area contributed by atoms with Crippen LogP contribution in [0.15, 0.2) is 70.9 Å². The molecule has 0 spiro atoms. The molecule has 4 atom stereocenters. The fourth-order valence-corrected chi connectivity index (χ4v) is 6.26. The second-order valence-electron chi connectivity index (χ2n) is 14.5. The Balaban J connectivity index is 2.19. The van der Waals surface area contributed by atoms with E-state index in [-0.39, 0.29) is 0 Å². The first-order chi connectivity index (χ1) is 18.9. The quantitative estimate of drug-likeness (QED) is 0.111. The summed E-state index contributed by atoms with van der Waals surface area (Å²) in [6, 6.07) is 0. The summed E-state index contributed by atoms with van der Waals surface area (Å²) in [6.45, 7) is 23.5. The van der Waals surface area contributed by atoms with E-state index in [4.69, 9.17) is 0 Å². The summed E-state index contributed by atoms with van der Waals surface area (Å²) in [7, 11) is 0. The van der Waals surface area contributed by atoms with E-state index >= 15 is 0 Å². The zero-order valence-electron chi connectivity index (χ0n) is 28.6. The SMILES string of the molecule is CC(C)=CCC/C(C)=C\C=C/C(C)CCC/C(C)=C/C=C/CC(C)CCCC(C)CC[C@H]1C(C)=CCCC1(C)C. The molecule has 0 heteroatoms. The molecular weight excluding hydrogens is 480 g/mol. The normalized spacial score (nSPS) is 20.6. The Kier molecular flexibility index (Phi) is 18.5. The van der Waals surface area contributed by atoms with Gasteiger partial charge in [-0.3, -0.25) is 0 Å². The van der Waals surface area contributed by atoms with Crippen molar-refractivity contribution < 1.29 is 0 Å². The standard InChI is InChI=1S/C40H68/c1-32(2)18-13-21-35(5)24-15-26-36(6)25-14-22-33(3)19-11-12-20-34(4)23-16-27-37(7)29-30-39-38(8)28-17-31-40(39,9)10/h11-12,15,18-19,24,26,28,34,36-37,39H,13-14,16-17,20-23,25,27,29-31H2,1-10H3/b12-11+,26-15-,33-19+,35-24-/t34?,36?,37?,39-/m0/s1. The van der Waals surface area contributed by atoms with Crippen molar-refractivity contribution in [3.63, 3.8) is 0 Å². The molecule has 0 fully saturated rings. The zero-order valence-corrected chi connectivity index (χ0v) is 28.6. The molecule has 40 heavy (non-hydrogen) atoms. The Morgan fingerprint density at radius 2 is 1.55 bits per heavy atom. The number of hydrogen-bond donors (Lipinski definition) is 0. The molecule has 0 bridgehead atoms. The van der Waals surface area contributed by atoms with Gasteiger partial charge in [-0.05, 0) is 121 Å². The molecule has 1 aliphatic rings. The number of hydrogen-bond acceptors (Lipinski definition) is 0. The van der Waals surface area contributed by atoms with Crippen LogP contribution in [0, 0.1) is 29.1 Å². The molecule has 0 nitrogen and oxygen atoms in total. The maximum atomic E-state index is 2.50. The van der Waals surface area contributed by atoms with Gasteiger partial charge in [-0.25, -0.2) is 0 Å². The minimum Gasteiger partial charge on any atom is -0.0856 e. The van der Waals surface area contributed by atoms with E-state index in [1.165, 1.54) is 87.3 Å². The molecule has 0 radical (unpaired) electrons. The van der Waals surface area contributed by atoms with Crippen LogP contribution in [0.25, 0.3) is 0 Å². The lowest BCUT2D eigenvalue weighted by atomic mass is 9.66. The van der Waals surface area contributed by atoms with Gasteiger partial charge in [0, 0.05) is 0 Å². The van der Waals surface area contributed by atoms with Gasteiger partial charge in [-0.15, -0.1) is 0 Å². The molecular formula is C40H68. The minimum absolute atomic E-state index is 0.490. The molecule has 0 saturated heterocycles. The van der Waals surface area contributed by atoms with Crippen LogP contribution >= 0.6 is 0 Å². The second-order valence-corrected chi connectivity index (χ2v) is 14.5. The molecule has 1 aliphatic carbocycles. The first-order valence-electron chi connectivity index (χ1n) is 16.9. The molecule has 228 valence electrons. The van der Waals surface area contributed by atoms with Gasteiger partial charge in [-0.1, -0.05) is 131 Å². The van der Waals surface area contributed by atoms with E-state index in [0.717, 1.165) is 30.6 Å². The number of allylic oxidation sites excluding steroid dienone is 12. The van der Waals surface area contributed by atoms with Crippen molar-refractivity contribution in [3.8, 4) is 0 Å². The fourth-order valence-electron chi connectivity index (χ4n) is 6.26. The highest BCUT2D eigenvalue weighted by Crippen LogP contribution is 2.44. The molecule has 0 aliphatic heterocycles. The van der Waals surface area contributed by atoms with Gasteiger partial charge in [0.1, 0.15) is 0 Å². The molecule has 0 saturated carbocycles. The summed E-state index contributed by atoms with van der Waals surface area (Å²) in [5.74, 6) is 3.09. The zero-order chi connectivity index (χ0) is 30.0. The smallest absolute Gasteiger partial charge is 0.0154 e. The van der Waals surface area contributed by atoms with Gasteiger partial charge in [0.2, 0.25) is 0 Å². The Morgan fingerprint density at radius 1 is 0.875 bits per heavy atom. The maximum absolute atomic E-state index is 2.50. The topological polar surface area (TPSA) is 0 Å². The van der Waals surface area contributed by atoms with Gasteiger partial charge in [0.25, 0.3) is 0 Å². The molecule has 0 aromatic heterocycles. The first-order valence-corrected chi connectivity index (χ1v) is 16.9. The Labute approximate surface area is 252 Å². The predicted octanol–water partition coefficient (Wildman–Crippen LogP) is 13.5. The van der Waals surface area contributed by atoms with Crippen molar-refractivity contribution in [2.24, 2.45) is 29.1 Å². The Bertz CT molecular complexity index is 864. The lowest BCUT2D eigenvalue weighted by Crippen LogP contribution is -2.28. The highest BCUT2D eigenvalue weighted by Gasteiger charge is 2.32. The molecule has 0 aromatic carbocycles. The Hall–Kier alpha value is -1.56. The Morgan fingerprint density at radius 3 is 2.25 bits per heavy atom. The van der Waals surface area contributed by atoms with E-state index < -0.39 is 0 Å². The van der Waals surface area contributed by atoms with E-state index in [0.29, 0.717) is 11.3 Å². The lowest BCUT2D eigenvalue weighted by molar-refractivity contribution is 0.192. The van der Waals surface area contributed by atoms with Crippen molar-refractivity contribution in [1.29, 1.82) is 0 Å². The second kappa shape index (κ2) is 20.3. The van der Waals surface area contributed by atoms with Crippen LogP contribution in [0.1, 0.15) is 153 Å². The van der Waals surface area contributed by atoms with Crippen molar-refractivity contribution in [2.75, 3.05) is 0 Å². The van der Waals surface area contributed by atoms with Crippen LogP contribution in [-0.4, -0.2) is 0 Å². The maximum Gasteiger partial charge on any atom is -0.0154 e. The van der Waals surface area contributed by atoms with Crippen molar-refractivity contribution in [3.05, 3.63) is 70.9 Å². The van der Waals surface area contributed by atoms with E-state index in [2.05, 4.69) is 118 Å². The summed E-state index contributed by atoms with van der Waals surface area (Å²) in [5, 5.41) is 0. The largest absolute Gasteiger partial charge is 0.0856 e. The van der Waals surface area contributed by atoms with Crippen LogP contribution in [0.5, 0.6) is 0 Å². The average molecular weight is 549 g/mol. The molecule has 3 unspecified atom stereocenters. The summed E-state index contributed by atoms with van der Waals surface area (Å²) in [5.41, 5.74) is 6.54. The van der Waals surface area contributed by atoms with Gasteiger partial charge in [-0.2, -0.15) is 0 Å². The van der Waals surface area contributed by atoms with Crippen molar-refractivity contribution >= 4 is 0 Å². The monoisotopic (exact) mass is 549 g/mol. The predicted molar refractivity (Wildman–Crippen MR) is 184 cm³/mol. The van der Waals surface area contributed by atoms with Gasteiger partial charge in [0.05, 0.1) is 0 Å². The van der Waals surface area contributed by atoms with Crippen LogP contribution in [0.4, 0.5) is 0 Å². The highest BCUT2D eigenvalue weighted by molar-refractivity contribution is 5.13. The highest BCUT2D eigenvalue weighted by atomic mass is 14.4. The van der Waals surface area contributed by atoms with Crippen LogP contribution < -0.4 is 0 Å². The average Bonchev–Trinajstić information content (AvgIpc) is 2.85. The lowest BCUT2D eigenvalue weighted by Gasteiger charge is -2.39. The first kappa shape index (κ1) is 36.5. The third kappa shape index (κ3) is 17.3. The number of rotatable bonds is 19. The third-order valence-corrected chi connectivity index (χ3v) is 9.29. The van der Waals surface area contributed by atoms with Crippen molar-refractivity contribution in [1.82, 2.24) is 0 Å². The summed E-state index contributed by atoms with van der Waals surface area (Å²) >= 11 is 0. The molecule has 0 amide bonds. The van der Waals surface area contributed by atoms with Crippen LogP contribution in [-0.2, 0) is 0 Å². The van der Waals surface area contributed by atoms with E-state index in [9.17, 15) is 0 Å². The van der Waals surface area contributed by atoms with Crippen LogP contribution in [0.2, 0.25) is 0 Å². The molecule has 0 heterocycles. The fraction of sp³-hybridized carbons (Fsp3) is 0.700.